The summed E-state index contributed by atoms with van der Waals surface area (Å²) in [5.41, 5.74) is 0.888. The number of nitrogens with one attached hydrogen (secondary N) is 1. The third kappa shape index (κ3) is 6.95. The lowest BCUT2D eigenvalue weighted by Crippen LogP contribution is -2.53. The summed E-state index contributed by atoms with van der Waals surface area (Å²) in [6.07, 6.45) is -2.13. The normalized spacial score (nSPS) is 22.3. The van der Waals surface area contributed by atoms with Gasteiger partial charge in [-0.05, 0) is 55.7 Å². The Kier molecular flexibility index (Phi) is 9.45. The molecule has 0 saturated carbocycles. The van der Waals surface area contributed by atoms with Crippen LogP contribution in [0.5, 0.6) is 0 Å². The minimum absolute atomic E-state index is 0.276. The fourth-order valence-corrected chi connectivity index (χ4v) is 4.93. The third-order valence-electron chi connectivity index (χ3n) is 7.10. The van der Waals surface area contributed by atoms with Gasteiger partial charge in [0, 0.05) is 13.1 Å². The SMILES string of the molecule is O=C(OCC1OC(N2CCCCCNC2=O)C(OC(=O)c2ccccc2)C1OC(=O)c1ccccc1)c1ccccc1. The minimum atomic E-state index is -1.21. The van der Waals surface area contributed by atoms with Crippen molar-refractivity contribution < 1.29 is 38.1 Å². The first-order valence-electron chi connectivity index (χ1n) is 14.0. The van der Waals surface area contributed by atoms with Gasteiger partial charge in [-0.1, -0.05) is 54.6 Å². The van der Waals surface area contributed by atoms with Crippen molar-refractivity contribution in [3.05, 3.63) is 108 Å². The predicted octanol–water partition coefficient (Wildman–Crippen LogP) is 4.22. The molecule has 2 amide bonds. The first-order chi connectivity index (χ1) is 20.5. The van der Waals surface area contributed by atoms with Gasteiger partial charge >= 0.3 is 23.9 Å². The molecule has 1 N–H and O–H groups in total. The summed E-state index contributed by atoms with van der Waals surface area (Å²) < 4.78 is 23.7. The summed E-state index contributed by atoms with van der Waals surface area (Å²) in [7, 11) is 0. The average Bonchev–Trinajstić information content (AvgIpc) is 3.34. The van der Waals surface area contributed by atoms with E-state index in [9.17, 15) is 19.2 Å². The largest absolute Gasteiger partial charge is 0.459 e. The van der Waals surface area contributed by atoms with E-state index < -0.39 is 48.5 Å². The van der Waals surface area contributed by atoms with Gasteiger partial charge in [0.1, 0.15) is 12.7 Å². The van der Waals surface area contributed by atoms with Gasteiger partial charge < -0.3 is 24.3 Å². The molecule has 0 spiro atoms. The number of rotatable bonds is 8. The van der Waals surface area contributed by atoms with Gasteiger partial charge in [0.25, 0.3) is 0 Å². The van der Waals surface area contributed by atoms with Crippen LogP contribution in [0.2, 0.25) is 0 Å². The molecule has 42 heavy (non-hydrogen) atoms. The van der Waals surface area contributed by atoms with Gasteiger partial charge in [-0.25, -0.2) is 19.2 Å². The molecule has 2 fully saturated rings. The van der Waals surface area contributed by atoms with Crippen LogP contribution in [-0.4, -0.2) is 73.1 Å². The quantitative estimate of drug-likeness (QED) is 0.315. The van der Waals surface area contributed by atoms with Crippen LogP contribution in [0.15, 0.2) is 91.0 Å². The van der Waals surface area contributed by atoms with Gasteiger partial charge in [-0.2, -0.15) is 0 Å². The fraction of sp³-hybridized carbons (Fsp3) is 0.312. The zero-order chi connectivity index (χ0) is 29.3. The van der Waals surface area contributed by atoms with Gasteiger partial charge in [-0.3, -0.25) is 4.90 Å². The summed E-state index contributed by atoms with van der Waals surface area (Å²) in [4.78, 5) is 53.9. The number of hydrogen-bond acceptors (Lipinski definition) is 8. The monoisotopic (exact) mass is 572 g/mol. The van der Waals surface area contributed by atoms with Crippen LogP contribution in [0, 0.1) is 0 Å². The van der Waals surface area contributed by atoms with Crippen molar-refractivity contribution in [1.29, 1.82) is 0 Å². The Morgan fingerprint density at radius 1 is 0.714 bits per heavy atom. The maximum atomic E-state index is 13.3. The summed E-state index contributed by atoms with van der Waals surface area (Å²) in [6, 6.07) is 24.7. The number of benzene rings is 3. The highest BCUT2D eigenvalue weighted by Crippen LogP contribution is 2.32. The molecule has 5 rings (SSSR count). The van der Waals surface area contributed by atoms with Gasteiger partial charge in [0.05, 0.1) is 16.7 Å². The maximum absolute atomic E-state index is 13.3. The molecule has 0 aliphatic carbocycles. The lowest BCUT2D eigenvalue weighted by molar-refractivity contribution is -0.0861. The summed E-state index contributed by atoms with van der Waals surface area (Å²) in [6.45, 7) is 0.499. The lowest BCUT2D eigenvalue weighted by atomic mass is 10.1. The van der Waals surface area contributed by atoms with Crippen LogP contribution in [0.3, 0.4) is 0 Å². The zero-order valence-electron chi connectivity index (χ0n) is 22.9. The Balaban J connectivity index is 1.46. The molecule has 218 valence electrons. The molecule has 10 nitrogen and oxygen atoms in total. The van der Waals surface area contributed by atoms with E-state index in [0.29, 0.717) is 25.1 Å². The maximum Gasteiger partial charge on any atom is 0.338 e. The van der Waals surface area contributed by atoms with Gasteiger partial charge in [0.2, 0.25) is 0 Å². The number of carbonyl (C=O) groups is 4. The standard InChI is InChI=1S/C32H32N2O8/c35-29(22-13-5-1-6-14-22)39-21-25-26(41-30(36)23-15-7-2-8-16-23)27(42-31(37)24-17-9-3-10-18-24)28(40-25)34-20-12-4-11-19-33-32(34)38/h1-3,5-10,13-18,25-28H,4,11-12,19-21H2,(H,33,38). The second-order valence-electron chi connectivity index (χ2n) is 9.99. The van der Waals surface area contributed by atoms with Gasteiger partial charge in [-0.15, -0.1) is 0 Å². The molecule has 2 saturated heterocycles. The van der Waals surface area contributed by atoms with Crippen molar-refractivity contribution >= 4 is 23.9 Å². The van der Waals surface area contributed by atoms with E-state index in [0.717, 1.165) is 12.8 Å². The van der Waals surface area contributed by atoms with Crippen LogP contribution in [-0.2, 0) is 18.9 Å². The highest BCUT2D eigenvalue weighted by molar-refractivity contribution is 5.91. The van der Waals surface area contributed by atoms with Crippen molar-refractivity contribution in [2.45, 2.75) is 43.8 Å². The molecule has 0 aromatic heterocycles. The van der Waals surface area contributed by atoms with Crippen molar-refractivity contribution in [2.24, 2.45) is 0 Å². The summed E-state index contributed by atoms with van der Waals surface area (Å²) in [5, 5.41) is 2.86. The lowest BCUT2D eigenvalue weighted by Gasteiger charge is -2.33. The molecule has 2 aliphatic rings. The molecule has 10 heteroatoms. The summed E-state index contributed by atoms with van der Waals surface area (Å²) in [5.74, 6) is -1.95. The average molecular weight is 573 g/mol. The predicted molar refractivity (Wildman–Crippen MR) is 151 cm³/mol. The molecule has 2 aliphatic heterocycles. The van der Waals surface area contributed by atoms with Crippen molar-refractivity contribution in [3.8, 4) is 0 Å². The molecule has 4 atom stereocenters. The van der Waals surface area contributed by atoms with E-state index in [1.807, 2.05) is 0 Å². The first-order valence-corrected chi connectivity index (χ1v) is 14.0. The number of ether oxygens (including phenoxy) is 4. The number of nitrogens with zero attached hydrogens (tertiary/aromatic N) is 1. The van der Waals surface area contributed by atoms with E-state index in [4.69, 9.17) is 18.9 Å². The van der Waals surface area contributed by atoms with E-state index in [2.05, 4.69) is 5.32 Å². The number of urea groups is 1. The Bertz CT molecular complexity index is 1370. The van der Waals surface area contributed by atoms with Gasteiger partial charge in [0.15, 0.2) is 18.4 Å². The molecule has 3 aromatic rings. The number of carbonyl (C=O) groups excluding carboxylic acids is 4. The van der Waals surface area contributed by atoms with Crippen LogP contribution >= 0.6 is 0 Å². The molecular formula is C32H32N2O8. The molecule has 0 bridgehead atoms. The second kappa shape index (κ2) is 13.8. The topological polar surface area (TPSA) is 120 Å². The Hall–Kier alpha value is -4.70. The van der Waals surface area contributed by atoms with Crippen molar-refractivity contribution in [2.75, 3.05) is 19.7 Å². The minimum Gasteiger partial charge on any atom is -0.459 e. The smallest absolute Gasteiger partial charge is 0.338 e. The highest BCUT2D eigenvalue weighted by atomic mass is 16.7. The zero-order valence-corrected chi connectivity index (χ0v) is 22.9. The van der Waals surface area contributed by atoms with E-state index in [1.54, 1.807) is 91.0 Å². The number of amides is 2. The Morgan fingerprint density at radius 3 is 1.81 bits per heavy atom. The van der Waals surface area contributed by atoms with E-state index in [-0.39, 0.29) is 17.7 Å². The molecule has 3 aromatic carbocycles. The van der Waals surface area contributed by atoms with Crippen LogP contribution < -0.4 is 5.32 Å². The Morgan fingerprint density at radius 2 is 1.24 bits per heavy atom. The first kappa shape index (κ1) is 28.8. The number of hydrogen-bond donors (Lipinski definition) is 1. The molecule has 4 unspecified atom stereocenters. The van der Waals surface area contributed by atoms with E-state index >= 15 is 0 Å². The molecule has 2 heterocycles. The van der Waals surface area contributed by atoms with Crippen LogP contribution in [0.1, 0.15) is 50.3 Å². The van der Waals surface area contributed by atoms with Crippen molar-refractivity contribution in [1.82, 2.24) is 10.2 Å². The molecule has 0 radical (unpaired) electrons. The van der Waals surface area contributed by atoms with Crippen LogP contribution in [0.4, 0.5) is 4.79 Å². The highest BCUT2D eigenvalue weighted by Gasteiger charge is 2.53. The molecular weight excluding hydrogens is 540 g/mol. The second-order valence-corrected chi connectivity index (χ2v) is 9.99. The number of esters is 3. The fourth-order valence-electron chi connectivity index (χ4n) is 4.93. The van der Waals surface area contributed by atoms with Crippen LogP contribution in [0.25, 0.3) is 0 Å². The third-order valence-corrected chi connectivity index (χ3v) is 7.10. The van der Waals surface area contributed by atoms with Crippen molar-refractivity contribution in [3.63, 3.8) is 0 Å². The van der Waals surface area contributed by atoms with E-state index in [1.165, 1.54) is 4.90 Å². The Labute approximate surface area is 243 Å². The summed E-state index contributed by atoms with van der Waals surface area (Å²) >= 11 is 0.